The summed E-state index contributed by atoms with van der Waals surface area (Å²) in [5, 5.41) is 11.5. The van der Waals surface area contributed by atoms with Crippen LogP contribution in [0.1, 0.15) is 44.9 Å². The van der Waals surface area contributed by atoms with E-state index in [0.29, 0.717) is 17.7 Å². The normalized spacial score (nSPS) is 13.0. The number of methoxy groups -OCH3 is 1. The van der Waals surface area contributed by atoms with E-state index in [9.17, 15) is 14.4 Å². The van der Waals surface area contributed by atoms with Gasteiger partial charge in [-0.25, -0.2) is 4.79 Å². The first kappa shape index (κ1) is 24.0. The lowest BCUT2D eigenvalue weighted by Crippen LogP contribution is -2.47. The third kappa shape index (κ3) is 6.81. The fourth-order valence-corrected chi connectivity index (χ4v) is 2.63. The molecule has 0 aliphatic heterocycles. The summed E-state index contributed by atoms with van der Waals surface area (Å²) in [6, 6.07) is 2.86. The number of hydrogen-bond donors (Lipinski definition) is 2. The molecule has 0 spiro atoms. The van der Waals surface area contributed by atoms with Crippen LogP contribution in [0.4, 0.5) is 4.79 Å². The number of amides is 2. The molecule has 0 saturated heterocycles. The number of carboxylic acids is 1. The minimum Gasteiger partial charge on any atom is -0.496 e. The SMILES string of the molecule is C=CCc1cc([C@@H](C(=O)N[C@@H](C)C(=O)O)N(C)C(=O)OC(C)(C)C)ccc1OC. The molecule has 8 nitrogen and oxygen atoms in total. The minimum absolute atomic E-state index is 0.492. The first-order chi connectivity index (χ1) is 13.4. The number of carbonyl (C=O) groups excluding carboxylic acids is 2. The smallest absolute Gasteiger partial charge is 0.410 e. The van der Waals surface area contributed by atoms with Crippen LogP contribution in [0.3, 0.4) is 0 Å². The van der Waals surface area contributed by atoms with Gasteiger partial charge in [0.25, 0.3) is 0 Å². The highest BCUT2D eigenvalue weighted by Gasteiger charge is 2.33. The summed E-state index contributed by atoms with van der Waals surface area (Å²) in [7, 11) is 2.97. The summed E-state index contributed by atoms with van der Waals surface area (Å²) < 4.78 is 10.7. The van der Waals surface area contributed by atoms with Crippen LogP contribution >= 0.6 is 0 Å². The predicted molar refractivity (Wildman–Crippen MR) is 109 cm³/mol. The van der Waals surface area contributed by atoms with Crippen molar-refractivity contribution in [3.63, 3.8) is 0 Å². The van der Waals surface area contributed by atoms with E-state index in [1.54, 1.807) is 45.0 Å². The number of allylic oxidation sites excluding steroid dienone is 1. The van der Waals surface area contributed by atoms with Crippen LogP contribution in [-0.4, -0.2) is 53.8 Å². The average molecular weight is 406 g/mol. The molecular formula is C21H30N2O6. The monoisotopic (exact) mass is 406 g/mol. The van der Waals surface area contributed by atoms with Crippen molar-refractivity contribution in [3.05, 3.63) is 42.0 Å². The van der Waals surface area contributed by atoms with Crippen LogP contribution in [0.5, 0.6) is 5.75 Å². The number of rotatable bonds is 8. The van der Waals surface area contributed by atoms with Gasteiger partial charge in [-0.1, -0.05) is 12.1 Å². The summed E-state index contributed by atoms with van der Waals surface area (Å²) >= 11 is 0. The number of carboxylic acid groups (broad SMARTS) is 1. The van der Waals surface area contributed by atoms with E-state index >= 15 is 0 Å². The highest BCUT2D eigenvalue weighted by Crippen LogP contribution is 2.28. The van der Waals surface area contributed by atoms with Gasteiger partial charge in [0.15, 0.2) is 0 Å². The topological polar surface area (TPSA) is 105 Å². The van der Waals surface area contributed by atoms with Crippen molar-refractivity contribution in [2.75, 3.05) is 14.2 Å². The second-order valence-electron chi connectivity index (χ2n) is 7.63. The van der Waals surface area contributed by atoms with Crippen molar-refractivity contribution in [1.82, 2.24) is 10.2 Å². The van der Waals surface area contributed by atoms with E-state index in [-0.39, 0.29) is 0 Å². The van der Waals surface area contributed by atoms with E-state index in [2.05, 4.69) is 11.9 Å². The molecule has 1 rings (SSSR count). The molecule has 1 aromatic rings. The summed E-state index contributed by atoms with van der Waals surface area (Å²) in [6.07, 6.45) is 1.48. The van der Waals surface area contributed by atoms with Gasteiger partial charge in [-0.2, -0.15) is 0 Å². The predicted octanol–water partition coefficient (Wildman–Crippen LogP) is 2.92. The first-order valence-corrected chi connectivity index (χ1v) is 9.18. The molecule has 8 heteroatoms. The lowest BCUT2D eigenvalue weighted by Gasteiger charge is -2.31. The highest BCUT2D eigenvalue weighted by atomic mass is 16.6. The van der Waals surface area contributed by atoms with Gasteiger partial charge in [0.2, 0.25) is 5.91 Å². The Morgan fingerprint density at radius 2 is 1.93 bits per heavy atom. The van der Waals surface area contributed by atoms with Gasteiger partial charge in [0.05, 0.1) is 7.11 Å². The van der Waals surface area contributed by atoms with Gasteiger partial charge in [0.1, 0.15) is 23.4 Å². The maximum absolute atomic E-state index is 12.9. The van der Waals surface area contributed by atoms with Crippen LogP contribution in [0.15, 0.2) is 30.9 Å². The third-order valence-corrected chi connectivity index (χ3v) is 4.03. The molecule has 0 heterocycles. The number of hydrogen-bond acceptors (Lipinski definition) is 5. The summed E-state index contributed by atoms with van der Waals surface area (Å²) in [4.78, 5) is 37.8. The van der Waals surface area contributed by atoms with Crippen molar-refractivity contribution < 1.29 is 29.0 Å². The number of aliphatic carboxylic acids is 1. The van der Waals surface area contributed by atoms with E-state index in [1.165, 1.54) is 21.1 Å². The molecule has 0 aliphatic carbocycles. The molecule has 2 atom stereocenters. The van der Waals surface area contributed by atoms with Crippen LogP contribution in [0.2, 0.25) is 0 Å². The van der Waals surface area contributed by atoms with E-state index in [4.69, 9.17) is 14.6 Å². The molecule has 0 bridgehead atoms. The molecule has 0 saturated carbocycles. The molecular weight excluding hydrogens is 376 g/mol. The molecule has 0 radical (unpaired) electrons. The number of ether oxygens (including phenoxy) is 2. The van der Waals surface area contributed by atoms with Crippen LogP contribution in [0.25, 0.3) is 0 Å². The molecule has 160 valence electrons. The van der Waals surface area contributed by atoms with Crippen molar-refractivity contribution in [2.45, 2.75) is 51.8 Å². The Kier molecular flexibility index (Phi) is 8.24. The summed E-state index contributed by atoms with van der Waals surface area (Å²) in [5.74, 6) is -1.20. The first-order valence-electron chi connectivity index (χ1n) is 9.18. The molecule has 0 aromatic heterocycles. The Labute approximate surface area is 171 Å². The number of likely N-dealkylation sites (N-methyl/N-ethyl adjacent to an activating group) is 1. The van der Waals surface area contributed by atoms with Gasteiger partial charge in [-0.15, -0.1) is 6.58 Å². The van der Waals surface area contributed by atoms with Gasteiger partial charge in [0, 0.05) is 7.05 Å². The van der Waals surface area contributed by atoms with E-state index < -0.39 is 35.7 Å². The van der Waals surface area contributed by atoms with E-state index in [0.717, 1.165) is 10.5 Å². The number of benzene rings is 1. The third-order valence-electron chi connectivity index (χ3n) is 4.03. The average Bonchev–Trinajstić information content (AvgIpc) is 2.60. The Morgan fingerprint density at radius 1 is 1.31 bits per heavy atom. The lowest BCUT2D eigenvalue weighted by atomic mass is 9.99. The molecule has 1 aromatic carbocycles. The molecule has 2 amide bonds. The Hall–Kier alpha value is -3.03. The van der Waals surface area contributed by atoms with Gasteiger partial charge in [-0.05, 0) is 57.4 Å². The van der Waals surface area contributed by atoms with Crippen molar-refractivity contribution in [1.29, 1.82) is 0 Å². The highest BCUT2D eigenvalue weighted by molar-refractivity contribution is 5.90. The van der Waals surface area contributed by atoms with Gasteiger partial charge in [-0.3, -0.25) is 14.5 Å². The molecule has 0 fully saturated rings. The van der Waals surface area contributed by atoms with Crippen LogP contribution in [0, 0.1) is 0 Å². The van der Waals surface area contributed by atoms with Crippen molar-refractivity contribution in [3.8, 4) is 5.75 Å². The zero-order chi connectivity index (χ0) is 22.4. The lowest BCUT2D eigenvalue weighted by molar-refractivity contribution is -0.142. The molecule has 0 unspecified atom stereocenters. The largest absolute Gasteiger partial charge is 0.496 e. The summed E-state index contributed by atoms with van der Waals surface area (Å²) in [5.41, 5.74) is 0.516. The quantitative estimate of drug-likeness (QED) is 0.643. The fourth-order valence-electron chi connectivity index (χ4n) is 2.63. The Bertz CT molecular complexity index is 769. The molecule has 0 aliphatic rings. The standard InChI is InChI=1S/C21H30N2O6/c1-8-9-14-12-15(10-11-16(14)28-7)17(18(24)22-13(2)19(25)26)23(6)20(27)29-21(3,4)5/h8,10-13,17H,1,9H2,2-7H3,(H,22,24)(H,25,26)/t13-,17-/m0/s1. The number of nitrogens with one attached hydrogen (secondary N) is 1. The van der Waals surface area contributed by atoms with E-state index in [1.807, 2.05) is 0 Å². The van der Waals surface area contributed by atoms with Crippen molar-refractivity contribution in [2.24, 2.45) is 0 Å². The molecule has 29 heavy (non-hydrogen) atoms. The number of nitrogens with zero attached hydrogens (tertiary/aromatic N) is 1. The Morgan fingerprint density at radius 3 is 2.41 bits per heavy atom. The van der Waals surface area contributed by atoms with Crippen LogP contribution < -0.4 is 10.1 Å². The summed E-state index contributed by atoms with van der Waals surface area (Å²) in [6.45, 7) is 10.2. The second kappa shape index (κ2) is 9.95. The number of carbonyl (C=O) groups is 3. The fraction of sp³-hybridized carbons (Fsp3) is 0.476. The maximum atomic E-state index is 12.9. The second-order valence-corrected chi connectivity index (χ2v) is 7.63. The zero-order valence-electron chi connectivity index (χ0n) is 17.8. The van der Waals surface area contributed by atoms with Crippen LogP contribution in [-0.2, 0) is 20.7 Å². The maximum Gasteiger partial charge on any atom is 0.410 e. The van der Waals surface area contributed by atoms with Crippen molar-refractivity contribution >= 4 is 18.0 Å². The Balaban J connectivity index is 3.37. The minimum atomic E-state index is -1.18. The van der Waals surface area contributed by atoms with Gasteiger partial charge >= 0.3 is 12.1 Å². The zero-order valence-corrected chi connectivity index (χ0v) is 17.8. The molecule has 2 N–H and O–H groups in total. The van der Waals surface area contributed by atoms with Gasteiger partial charge < -0.3 is 19.9 Å².